The van der Waals surface area contributed by atoms with Crippen LogP contribution in [0.15, 0.2) is 28.8 Å². The molecule has 1 aliphatic heterocycles. The fraction of sp³-hybridized carbons (Fsp3) is 0.154. The molecule has 0 saturated heterocycles. The minimum Gasteiger partial charge on any atom is -0.475 e. The molecule has 1 aliphatic rings. The summed E-state index contributed by atoms with van der Waals surface area (Å²) >= 11 is 0. The summed E-state index contributed by atoms with van der Waals surface area (Å²) in [6.07, 6.45) is 0.394. The standard InChI is InChI=1S/C13H10N2O4/c1-15-10-4-7(2-3-8(10)5-12(15)16)9-6-11(13(17)18)19-14-9/h2-4,6H,5H2,1H3,(H,17,18). The van der Waals surface area contributed by atoms with E-state index in [1.807, 2.05) is 12.1 Å². The third-order valence-electron chi connectivity index (χ3n) is 3.18. The number of carboxylic acid groups (broad SMARTS) is 1. The molecule has 1 N–H and O–H groups in total. The van der Waals surface area contributed by atoms with Crippen LogP contribution in [-0.4, -0.2) is 29.2 Å². The van der Waals surface area contributed by atoms with Crippen LogP contribution in [0.4, 0.5) is 5.69 Å². The van der Waals surface area contributed by atoms with Gasteiger partial charge in [0.05, 0.1) is 6.42 Å². The summed E-state index contributed by atoms with van der Waals surface area (Å²) in [5.74, 6) is -1.33. The smallest absolute Gasteiger partial charge is 0.374 e. The molecule has 0 unspecified atom stereocenters. The molecular weight excluding hydrogens is 248 g/mol. The van der Waals surface area contributed by atoms with E-state index in [4.69, 9.17) is 9.63 Å². The highest BCUT2D eigenvalue weighted by Crippen LogP contribution is 2.32. The third kappa shape index (κ3) is 1.77. The number of fused-ring (bicyclic) bond motifs is 1. The Hall–Kier alpha value is -2.63. The van der Waals surface area contributed by atoms with E-state index in [-0.39, 0.29) is 11.7 Å². The second-order valence-electron chi connectivity index (χ2n) is 4.35. The van der Waals surface area contributed by atoms with Gasteiger partial charge in [0.25, 0.3) is 0 Å². The van der Waals surface area contributed by atoms with E-state index in [1.54, 1.807) is 18.0 Å². The summed E-state index contributed by atoms with van der Waals surface area (Å²) in [5.41, 5.74) is 2.94. The predicted molar refractivity (Wildman–Crippen MR) is 66.0 cm³/mol. The second-order valence-corrected chi connectivity index (χ2v) is 4.35. The molecule has 0 radical (unpaired) electrons. The molecule has 1 aromatic carbocycles. The van der Waals surface area contributed by atoms with E-state index < -0.39 is 5.97 Å². The summed E-state index contributed by atoms with van der Waals surface area (Å²) in [5, 5.41) is 12.5. The quantitative estimate of drug-likeness (QED) is 0.883. The lowest BCUT2D eigenvalue weighted by Gasteiger charge is -2.10. The zero-order valence-corrected chi connectivity index (χ0v) is 10.1. The van der Waals surface area contributed by atoms with Crippen LogP contribution >= 0.6 is 0 Å². The van der Waals surface area contributed by atoms with Crippen LogP contribution in [0.3, 0.4) is 0 Å². The molecule has 0 bridgehead atoms. The number of aromatic carboxylic acids is 1. The van der Waals surface area contributed by atoms with Gasteiger partial charge in [-0.25, -0.2) is 4.79 Å². The summed E-state index contributed by atoms with van der Waals surface area (Å²) in [6.45, 7) is 0. The van der Waals surface area contributed by atoms with Crippen LogP contribution in [-0.2, 0) is 11.2 Å². The Kier molecular flexibility index (Phi) is 2.38. The predicted octanol–water partition coefficient (Wildman–Crippen LogP) is 1.56. The average Bonchev–Trinajstić information content (AvgIpc) is 2.96. The molecule has 3 rings (SSSR count). The fourth-order valence-electron chi connectivity index (χ4n) is 2.11. The molecule has 0 spiro atoms. The first-order chi connectivity index (χ1) is 9.06. The van der Waals surface area contributed by atoms with Crippen molar-refractivity contribution in [1.82, 2.24) is 5.16 Å². The summed E-state index contributed by atoms with van der Waals surface area (Å²) in [4.78, 5) is 23.9. The fourth-order valence-corrected chi connectivity index (χ4v) is 2.11. The van der Waals surface area contributed by atoms with Gasteiger partial charge in [0.2, 0.25) is 11.7 Å². The SMILES string of the molecule is CN1C(=O)Cc2ccc(-c3cc(C(=O)O)on3)cc21. The highest BCUT2D eigenvalue weighted by molar-refractivity contribution is 6.01. The van der Waals surface area contributed by atoms with Crippen molar-refractivity contribution >= 4 is 17.6 Å². The lowest BCUT2D eigenvalue weighted by Crippen LogP contribution is -2.20. The number of hydrogen-bond acceptors (Lipinski definition) is 4. The van der Waals surface area contributed by atoms with Gasteiger partial charge in [0.15, 0.2) is 0 Å². The third-order valence-corrected chi connectivity index (χ3v) is 3.18. The van der Waals surface area contributed by atoms with E-state index >= 15 is 0 Å². The maximum atomic E-state index is 11.6. The zero-order chi connectivity index (χ0) is 13.6. The largest absolute Gasteiger partial charge is 0.475 e. The van der Waals surface area contributed by atoms with Crippen molar-refractivity contribution in [3.05, 3.63) is 35.6 Å². The van der Waals surface area contributed by atoms with Crippen LogP contribution in [0.2, 0.25) is 0 Å². The van der Waals surface area contributed by atoms with E-state index in [0.717, 1.165) is 16.8 Å². The highest BCUT2D eigenvalue weighted by atomic mass is 16.5. The topological polar surface area (TPSA) is 83.6 Å². The van der Waals surface area contributed by atoms with Gasteiger partial charge < -0.3 is 14.5 Å². The Morgan fingerprint density at radius 1 is 1.42 bits per heavy atom. The molecule has 96 valence electrons. The zero-order valence-electron chi connectivity index (χ0n) is 10.1. The molecule has 2 aromatic rings. The molecular formula is C13H10N2O4. The first-order valence-corrected chi connectivity index (χ1v) is 5.66. The maximum absolute atomic E-state index is 11.6. The van der Waals surface area contributed by atoms with E-state index in [1.165, 1.54) is 6.07 Å². The Balaban J connectivity index is 2.03. The lowest BCUT2D eigenvalue weighted by molar-refractivity contribution is -0.117. The van der Waals surface area contributed by atoms with Crippen molar-refractivity contribution < 1.29 is 19.2 Å². The highest BCUT2D eigenvalue weighted by Gasteiger charge is 2.24. The molecule has 2 heterocycles. The van der Waals surface area contributed by atoms with Crippen LogP contribution in [0, 0.1) is 0 Å². The molecule has 19 heavy (non-hydrogen) atoms. The van der Waals surface area contributed by atoms with Crippen molar-refractivity contribution in [2.75, 3.05) is 11.9 Å². The van der Waals surface area contributed by atoms with Crippen molar-refractivity contribution in [2.24, 2.45) is 0 Å². The van der Waals surface area contributed by atoms with Crippen molar-refractivity contribution in [2.45, 2.75) is 6.42 Å². The number of carbonyl (C=O) groups excluding carboxylic acids is 1. The van der Waals surface area contributed by atoms with Gasteiger partial charge >= 0.3 is 5.97 Å². The number of carbonyl (C=O) groups is 2. The van der Waals surface area contributed by atoms with Gasteiger partial charge in [0.1, 0.15) is 5.69 Å². The van der Waals surface area contributed by atoms with E-state index in [9.17, 15) is 9.59 Å². The van der Waals surface area contributed by atoms with Gasteiger partial charge in [0, 0.05) is 24.4 Å². The number of hydrogen-bond donors (Lipinski definition) is 1. The summed E-state index contributed by atoms with van der Waals surface area (Å²) in [6, 6.07) is 6.82. The minimum absolute atomic E-state index is 0.0403. The molecule has 0 aliphatic carbocycles. The van der Waals surface area contributed by atoms with Crippen molar-refractivity contribution in [3.8, 4) is 11.3 Å². The number of carboxylic acids is 1. The molecule has 0 saturated carbocycles. The molecule has 6 nitrogen and oxygen atoms in total. The van der Waals surface area contributed by atoms with E-state index in [0.29, 0.717) is 12.1 Å². The number of nitrogens with zero attached hydrogens (tertiary/aromatic N) is 2. The number of benzene rings is 1. The van der Waals surface area contributed by atoms with Gasteiger partial charge in [-0.3, -0.25) is 4.79 Å². The number of rotatable bonds is 2. The number of likely N-dealkylation sites (N-methyl/N-ethyl adjacent to an activating group) is 1. The number of amides is 1. The van der Waals surface area contributed by atoms with Crippen LogP contribution in [0.25, 0.3) is 11.3 Å². The van der Waals surface area contributed by atoms with Crippen molar-refractivity contribution in [1.29, 1.82) is 0 Å². The first-order valence-electron chi connectivity index (χ1n) is 5.66. The average molecular weight is 258 g/mol. The Labute approximate surface area is 108 Å². The van der Waals surface area contributed by atoms with Gasteiger partial charge in [-0.2, -0.15) is 0 Å². The Morgan fingerprint density at radius 2 is 2.21 bits per heavy atom. The van der Waals surface area contributed by atoms with Gasteiger partial charge in [-0.05, 0) is 11.6 Å². The Morgan fingerprint density at radius 3 is 2.89 bits per heavy atom. The number of anilines is 1. The normalized spacial score (nSPS) is 13.7. The second kappa shape index (κ2) is 3.94. The first kappa shape index (κ1) is 11.5. The molecule has 1 aromatic heterocycles. The van der Waals surface area contributed by atoms with Crippen LogP contribution in [0.1, 0.15) is 16.1 Å². The maximum Gasteiger partial charge on any atom is 0.374 e. The molecule has 0 fully saturated rings. The van der Waals surface area contributed by atoms with Gasteiger partial charge in [-0.15, -0.1) is 0 Å². The van der Waals surface area contributed by atoms with Gasteiger partial charge in [-0.1, -0.05) is 17.3 Å². The molecule has 1 amide bonds. The number of aromatic nitrogens is 1. The summed E-state index contributed by atoms with van der Waals surface area (Å²) in [7, 11) is 1.71. The van der Waals surface area contributed by atoms with Crippen LogP contribution in [0.5, 0.6) is 0 Å². The summed E-state index contributed by atoms with van der Waals surface area (Å²) < 4.78 is 4.72. The van der Waals surface area contributed by atoms with E-state index in [2.05, 4.69) is 5.16 Å². The minimum atomic E-state index is -1.16. The molecule has 6 heteroatoms. The Bertz CT molecular complexity index is 690. The van der Waals surface area contributed by atoms with Crippen molar-refractivity contribution in [3.63, 3.8) is 0 Å². The monoisotopic (exact) mass is 258 g/mol. The van der Waals surface area contributed by atoms with Crippen LogP contribution < -0.4 is 4.90 Å². The molecule has 0 atom stereocenters. The lowest BCUT2D eigenvalue weighted by atomic mass is 10.1.